The zero-order valence-corrected chi connectivity index (χ0v) is 11.6. The summed E-state index contributed by atoms with van der Waals surface area (Å²) in [4.78, 5) is 0.118. The molecule has 2 N–H and O–H groups in total. The lowest BCUT2D eigenvalue weighted by Gasteiger charge is -2.21. The van der Waals surface area contributed by atoms with Crippen molar-refractivity contribution in [1.29, 1.82) is 0 Å². The van der Waals surface area contributed by atoms with Crippen molar-refractivity contribution in [3.05, 3.63) is 24.3 Å². The molecular weight excluding hydrogens is 270 g/mol. The minimum absolute atomic E-state index is 0.0352. The van der Waals surface area contributed by atoms with Gasteiger partial charge in [0.05, 0.1) is 4.90 Å². The molecule has 0 aliphatic carbocycles. The van der Waals surface area contributed by atoms with Crippen LogP contribution in [0.5, 0.6) is 5.75 Å². The SMILES string of the molecule is O=S(=O)(NCC1CCSCC1)c1cccc(O)c1. The molecule has 0 saturated carbocycles. The monoisotopic (exact) mass is 287 g/mol. The van der Waals surface area contributed by atoms with Crippen molar-refractivity contribution in [3.63, 3.8) is 0 Å². The van der Waals surface area contributed by atoms with Crippen LogP contribution < -0.4 is 4.72 Å². The van der Waals surface area contributed by atoms with E-state index in [-0.39, 0.29) is 10.6 Å². The molecular formula is C12H17NO3S2. The summed E-state index contributed by atoms with van der Waals surface area (Å²) in [5, 5.41) is 9.30. The molecule has 0 unspecified atom stereocenters. The van der Waals surface area contributed by atoms with E-state index in [0.29, 0.717) is 12.5 Å². The molecule has 0 spiro atoms. The fourth-order valence-corrected chi connectivity index (χ4v) is 4.27. The second-order valence-electron chi connectivity index (χ2n) is 4.41. The van der Waals surface area contributed by atoms with Crippen molar-refractivity contribution < 1.29 is 13.5 Å². The van der Waals surface area contributed by atoms with Crippen LogP contribution in [-0.4, -0.2) is 31.6 Å². The van der Waals surface area contributed by atoms with Crippen molar-refractivity contribution in [3.8, 4) is 5.75 Å². The molecule has 1 fully saturated rings. The summed E-state index contributed by atoms with van der Waals surface area (Å²) in [6, 6.07) is 5.73. The van der Waals surface area contributed by atoms with Crippen molar-refractivity contribution in [2.45, 2.75) is 17.7 Å². The van der Waals surface area contributed by atoms with Crippen LogP contribution in [0.15, 0.2) is 29.2 Å². The molecule has 0 bridgehead atoms. The van der Waals surface area contributed by atoms with Gasteiger partial charge in [-0.1, -0.05) is 6.07 Å². The number of phenols is 1. The highest BCUT2D eigenvalue weighted by atomic mass is 32.2. The van der Waals surface area contributed by atoms with Crippen molar-refractivity contribution in [2.24, 2.45) is 5.92 Å². The lowest BCUT2D eigenvalue weighted by Crippen LogP contribution is -2.31. The fourth-order valence-electron chi connectivity index (χ4n) is 1.91. The van der Waals surface area contributed by atoms with E-state index in [4.69, 9.17) is 0 Å². The average molecular weight is 287 g/mol. The molecule has 0 atom stereocenters. The van der Waals surface area contributed by atoms with Gasteiger partial charge in [0, 0.05) is 6.54 Å². The molecule has 2 rings (SSSR count). The normalized spacial score (nSPS) is 17.8. The van der Waals surface area contributed by atoms with Crippen LogP contribution >= 0.6 is 11.8 Å². The summed E-state index contributed by atoms with van der Waals surface area (Å²) < 4.78 is 26.6. The highest BCUT2D eigenvalue weighted by molar-refractivity contribution is 7.99. The maximum absolute atomic E-state index is 12.0. The number of nitrogens with one attached hydrogen (secondary N) is 1. The second kappa shape index (κ2) is 5.95. The van der Waals surface area contributed by atoms with Gasteiger partial charge in [0.15, 0.2) is 0 Å². The Labute approximate surface area is 112 Å². The summed E-state index contributed by atoms with van der Waals surface area (Å²) >= 11 is 1.92. The van der Waals surface area contributed by atoms with Gasteiger partial charge in [-0.2, -0.15) is 11.8 Å². The number of benzene rings is 1. The first-order chi connectivity index (χ1) is 8.58. The van der Waals surface area contributed by atoms with Gasteiger partial charge in [-0.3, -0.25) is 0 Å². The molecule has 18 heavy (non-hydrogen) atoms. The van der Waals surface area contributed by atoms with E-state index in [1.54, 1.807) is 0 Å². The number of hydrogen-bond acceptors (Lipinski definition) is 4. The van der Waals surface area contributed by atoms with Crippen LogP contribution in [0.4, 0.5) is 0 Å². The summed E-state index contributed by atoms with van der Waals surface area (Å²) in [5.74, 6) is 2.61. The first-order valence-electron chi connectivity index (χ1n) is 5.94. The van der Waals surface area contributed by atoms with Gasteiger partial charge in [0.25, 0.3) is 0 Å². The zero-order valence-electron chi connectivity index (χ0n) is 10.0. The second-order valence-corrected chi connectivity index (χ2v) is 7.40. The number of phenolic OH excluding ortho intramolecular Hbond substituents is 1. The molecule has 1 aliphatic heterocycles. The maximum Gasteiger partial charge on any atom is 0.240 e. The molecule has 4 nitrogen and oxygen atoms in total. The van der Waals surface area contributed by atoms with E-state index in [2.05, 4.69) is 4.72 Å². The largest absolute Gasteiger partial charge is 0.508 e. The molecule has 100 valence electrons. The molecule has 6 heteroatoms. The Hall–Kier alpha value is -0.720. The van der Waals surface area contributed by atoms with Crippen molar-refractivity contribution >= 4 is 21.8 Å². The molecule has 0 amide bonds. The molecule has 0 radical (unpaired) electrons. The fraction of sp³-hybridized carbons (Fsp3) is 0.500. The number of thioether (sulfide) groups is 1. The highest BCUT2D eigenvalue weighted by Gasteiger charge is 2.19. The van der Waals surface area contributed by atoms with Crippen LogP contribution in [0, 0.1) is 5.92 Å². The third kappa shape index (κ3) is 3.63. The Bertz CT molecular complexity index is 496. The summed E-state index contributed by atoms with van der Waals surface area (Å²) in [7, 11) is -3.50. The number of rotatable bonds is 4. The van der Waals surface area contributed by atoms with Gasteiger partial charge < -0.3 is 5.11 Å². The van der Waals surface area contributed by atoms with Crippen LogP contribution in [0.25, 0.3) is 0 Å². The van der Waals surface area contributed by atoms with Crippen LogP contribution in [0.1, 0.15) is 12.8 Å². The summed E-state index contributed by atoms with van der Waals surface area (Å²) in [6.07, 6.45) is 2.13. The third-order valence-corrected chi connectivity index (χ3v) is 5.50. The first-order valence-corrected chi connectivity index (χ1v) is 8.58. The third-order valence-electron chi connectivity index (χ3n) is 3.03. The first kappa shape index (κ1) is 13.7. The van der Waals surface area contributed by atoms with Crippen molar-refractivity contribution in [2.75, 3.05) is 18.1 Å². The van der Waals surface area contributed by atoms with E-state index in [1.807, 2.05) is 11.8 Å². The Morgan fingerprint density at radius 3 is 2.72 bits per heavy atom. The standard InChI is InChI=1S/C12H17NO3S2/c14-11-2-1-3-12(8-11)18(15,16)13-9-10-4-6-17-7-5-10/h1-3,8,10,13-14H,4-7,9H2. The van der Waals surface area contributed by atoms with Gasteiger partial charge in [-0.05, 0) is 48.5 Å². The Kier molecular flexibility index (Phi) is 4.53. The summed E-state index contributed by atoms with van der Waals surface area (Å²) in [5.41, 5.74) is 0. The van der Waals surface area contributed by atoms with Crippen LogP contribution in [0.2, 0.25) is 0 Å². The van der Waals surface area contributed by atoms with E-state index in [1.165, 1.54) is 24.3 Å². The molecule has 1 saturated heterocycles. The highest BCUT2D eigenvalue weighted by Crippen LogP contribution is 2.22. The van der Waals surface area contributed by atoms with E-state index < -0.39 is 10.0 Å². The zero-order chi connectivity index (χ0) is 13.0. The topological polar surface area (TPSA) is 66.4 Å². The number of aromatic hydroxyl groups is 1. The van der Waals surface area contributed by atoms with Gasteiger partial charge in [-0.15, -0.1) is 0 Å². The predicted octanol–water partition coefficient (Wildman–Crippen LogP) is 1.81. The Balaban J connectivity index is 1.98. The summed E-state index contributed by atoms with van der Waals surface area (Å²) in [6.45, 7) is 0.485. The number of sulfonamides is 1. The van der Waals surface area contributed by atoms with Gasteiger partial charge in [-0.25, -0.2) is 13.1 Å². The Morgan fingerprint density at radius 1 is 1.33 bits per heavy atom. The minimum Gasteiger partial charge on any atom is -0.508 e. The quantitative estimate of drug-likeness (QED) is 0.886. The predicted molar refractivity (Wildman–Crippen MR) is 73.3 cm³/mol. The van der Waals surface area contributed by atoms with Gasteiger partial charge in [0.1, 0.15) is 5.75 Å². The smallest absolute Gasteiger partial charge is 0.240 e. The molecule has 1 aromatic carbocycles. The van der Waals surface area contributed by atoms with Gasteiger partial charge >= 0.3 is 0 Å². The molecule has 1 aliphatic rings. The Morgan fingerprint density at radius 2 is 2.06 bits per heavy atom. The van der Waals surface area contributed by atoms with Gasteiger partial charge in [0.2, 0.25) is 10.0 Å². The lowest BCUT2D eigenvalue weighted by molar-refractivity contribution is 0.470. The maximum atomic E-state index is 12.0. The van der Waals surface area contributed by atoms with E-state index >= 15 is 0 Å². The van der Waals surface area contributed by atoms with Crippen LogP contribution in [-0.2, 0) is 10.0 Å². The minimum atomic E-state index is -3.50. The number of hydrogen-bond donors (Lipinski definition) is 2. The van der Waals surface area contributed by atoms with Crippen molar-refractivity contribution in [1.82, 2.24) is 4.72 Å². The van der Waals surface area contributed by atoms with Crippen LogP contribution in [0.3, 0.4) is 0 Å². The molecule has 1 aromatic rings. The average Bonchev–Trinajstić information content (AvgIpc) is 2.38. The molecule has 0 aromatic heterocycles. The molecule has 1 heterocycles. The van der Waals surface area contributed by atoms with E-state index in [9.17, 15) is 13.5 Å². The lowest BCUT2D eigenvalue weighted by atomic mass is 10.0. The van der Waals surface area contributed by atoms with E-state index in [0.717, 1.165) is 24.3 Å².